The molecular weight excluding hydrogens is 535 g/mol. The fourth-order valence-corrected chi connectivity index (χ4v) is 4.01. The highest BCUT2D eigenvalue weighted by molar-refractivity contribution is 6.30. The van der Waals surface area contributed by atoms with Crippen LogP contribution in [0.25, 0.3) is 0 Å². The third-order valence-corrected chi connectivity index (χ3v) is 6.38. The van der Waals surface area contributed by atoms with Gasteiger partial charge in [-0.15, -0.1) is 0 Å². The lowest BCUT2D eigenvalue weighted by Gasteiger charge is -2.41. The van der Waals surface area contributed by atoms with Crippen molar-refractivity contribution in [3.05, 3.63) is 105 Å². The molecule has 1 aliphatic carbocycles. The van der Waals surface area contributed by atoms with Gasteiger partial charge < -0.3 is 14.4 Å². The summed E-state index contributed by atoms with van der Waals surface area (Å²) in [5, 5.41) is 9.57. The molecule has 0 N–H and O–H groups in total. The van der Waals surface area contributed by atoms with Gasteiger partial charge in [-0.1, -0.05) is 84.4 Å². The quantitative estimate of drug-likeness (QED) is 0.304. The van der Waals surface area contributed by atoms with E-state index in [0.29, 0.717) is 10.0 Å². The maximum atomic E-state index is 12.6. The molecule has 6 nitrogen and oxygen atoms in total. The molecule has 0 spiro atoms. The van der Waals surface area contributed by atoms with E-state index in [1.165, 1.54) is 29.7 Å². The molecule has 2 fully saturated rings. The molecule has 39 heavy (non-hydrogen) atoms. The van der Waals surface area contributed by atoms with E-state index in [2.05, 4.69) is 6.07 Å². The number of esters is 1. The SMILES string of the molecule is C1CC1.CCOC(=O)CN1C(=O)COC(c2ccc(Cl)cc2)C1c1ccc(Cl)cc1.Cc1ccc(C#N)cc1. The van der Waals surface area contributed by atoms with Gasteiger partial charge in [-0.2, -0.15) is 5.26 Å². The Bertz CT molecular complexity index is 1250. The number of rotatable bonds is 5. The minimum atomic E-state index is -0.492. The Labute approximate surface area is 240 Å². The summed E-state index contributed by atoms with van der Waals surface area (Å²) in [6, 6.07) is 23.5. The van der Waals surface area contributed by atoms with E-state index in [1.807, 2.05) is 55.5 Å². The number of carbonyl (C=O) groups is 2. The van der Waals surface area contributed by atoms with Crippen LogP contribution in [0.15, 0.2) is 72.8 Å². The summed E-state index contributed by atoms with van der Waals surface area (Å²) in [5.41, 5.74) is 3.59. The van der Waals surface area contributed by atoms with E-state index in [4.69, 9.17) is 37.9 Å². The van der Waals surface area contributed by atoms with Crippen molar-refractivity contribution in [3.63, 3.8) is 0 Å². The van der Waals surface area contributed by atoms with Crippen molar-refractivity contribution in [2.24, 2.45) is 0 Å². The summed E-state index contributed by atoms with van der Waals surface area (Å²) in [4.78, 5) is 26.1. The molecule has 0 aromatic heterocycles. The summed E-state index contributed by atoms with van der Waals surface area (Å²) in [6.45, 7) is 3.72. The van der Waals surface area contributed by atoms with E-state index in [0.717, 1.165) is 16.7 Å². The first kappa shape index (κ1) is 30.2. The molecule has 1 heterocycles. The van der Waals surface area contributed by atoms with Crippen LogP contribution in [0.2, 0.25) is 10.0 Å². The van der Waals surface area contributed by atoms with Crippen LogP contribution in [0.5, 0.6) is 0 Å². The Hall–Kier alpha value is -3.37. The molecule has 5 rings (SSSR count). The van der Waals surface area contributed by atoms with Crippen molar-refractivity contribution in [2.45, 2.75) is 45.3 Å². The number of morpholine rings is 1. The van der Waals surface area contributed by atoms with Crippen molar-refractivity contribution < 1.29 is 19.1 Å². The van der Waals surface area contributed by atoms with Crippen LogP contribution in [-0.2, 0) is 19.1 Å². The van der Waals surface area contributed by atoms with Crippen molar-refractivity contribution in [2.75, 3.05) is 19.8 Å². The van der Waals surface area contributed by atoms with Gasteiger partial charge in [0, 0.05) is 10.0 Å². The molecule has 2 atom stereocenters. The smallest absolute Gasteiger partial charge is 0.325 e. The summed E-state index contributed by atoms with van der Waals surface area (Å²) in [6.07, 6.45) is 4.05. The second kappa shape index (κ2) is 15.3. The van der Waals surface area contributed by atoms with Crippen molar-refractivity contribution in [3.8, 4) is 6.07 Å². The van der Waals surface area contributed by atoms with Gasteiger partial charge in [0.2, 0.25) is 5.91 Å². The van der Waals surface area contributed by atoms with Gasteiger partial charge in [0.25, 0.3) is 0 Å². The molecule has 2 unspecified atom stereocenters. The first-order chi connectivity index (χ1) is 18.8. The summed E-state index contributed by atoms with van der Waals surface area (Å²) in [5.74, 6) is -0.727. The molecule has 1 saturated carbocycles. The molecule has 204 valence electrons. The average Bonchev–Trinajstić information content (AvgIpc) is 3.82. The fraction of sp³-hybridized carbons (Fsp3) is 0.323. The maximum Gasteiger partial charge on any atom is 0.325 e. The standard InChI is InChI=1S/C20H19Cl2NO4.C8H7N.C3H6/c1-2-26-18(25)11-23-17(24)12-27-20(14-5-9-16(22)10-6-14)19(23)13-3-7-15(21)8-4-13;1-7-2-4-8(6-9)5-3-7;1-2-3-1/h3-10,19-20H,2,11-12H2,1H3;2-5H,1H3;1-3H2. The Morgan fingerprint density at radius 1 is 0.949 bits per heavy atom. The topological polar surface area (TPSA) is 79.6 Å². The van der Waals surface area contributed by atoms with Crippen LogP contribution in [0, 0.1) is 18.3 Å². The van der Waals surface area contributed by atoms with Crippen molar-refractivity contribution >= 4 is 35.1 Å². The molecule has 0 radical (unpaired) electrons. The summed E-state index contributed by atoms with van der Waals surface area (Å²) >= 11 is 12.0. The second-order valence-corrected chi connectivity index (χ2v) is 10.0. The van der Waals surface area contributed by atoms with Crippen LogP contribution in [0.4, 0.5) is 0 Å². The number of hydrogen-bond donors (Lipinski definition) is 0. The predicted molar refractivity (Wildman–Crippen MR) is 152 cm³/mol. The minimum Gasteiger partial charge on any atom is -0.465 e. The zero-order chi connectivity index (χ0) is 28.2. The molecule has 8 heteroatoms. The predicted octanol–water partition coefficient (Wildman–Crippen LogP) is 7.23. The number of nitrogens with zero attached hydrogens (tertiary/aromatic N) is 2. The van der Waals surface area contributed by atoms with Crippen LogP contribution in [-0.4, -0.2) is 36.5 Å². The van der Waals surface area contributed by atoms with E-state index in [9.17, 15) is 9.59 Å². The number of ether oxygens (including phenoxy) is 2. The van der Waals surface area contributed by atoms with Crippen LogP contribution in [0.1, 0.15) is 60.6 Å². The highest BCUT2D eigenvalue weighted by atomic mass is 35.5. The minimum absolute atomic E-state index is 0.114. The first-order valence-corrected chi connectivity index (χ1v) is 13.6. The number of carbonyl (C=O) groups excluding carboxylic acids is 2. The second-order valence-electron chi connectivity index (χ2n) is 9.14. The highest BCUT2D eigenvalue weighted by Gasteiger charge is 2.39. The number of halogens is 2. The van der Waals surface area contributed by atoms with Gasteiger partial charge in [-0.3, -0.25) is 9.59 Å². The molecule has 3 aromatic carbocycles. The molecular formula is C31H32Cl2N2O4. The van der Waals surface area contributed by atoms with E-state index in [1.54, 1.807) is 31.2 Å². The van der Waals surface area contributed by atoms with E-state index < -0.39 is 18.1 Å². The van der Waals surface area contributed by atoms with Gasteiger partial charge >= 0.3 is 5.97 Å². The lowest BCUT2D eigenvalue weighted by molar-refractivity contribution is -0.166. The van der Waals surface area contributed by atoms with Crippen molar-refractivity contribution in [1.82, 2.24) is 4.90 Å². The maximum absolute atomic E-state index is 12.6. The molecule has 1 aliphatic heterocycles. The fourth-order valence-electron chi connectivity index (χ4n) is 3.76. The lowest BCUT2D eigenvalue weighted by Crippen LogP contribution is -2.48. The van der Waals surface area contributed by atoms with Crippen molar-refractivity contribution in [1.29, 1.82) is 5.26 Å². The van der Waals surface area contributed by atoms with Crippen LogP contribution < -0.4 is 0 Å². The van der Waals surface area contributed by atoms with Crippen LogP contribution in [0.3, 0.4) is 0 Å². The van der Waals surface area contributed by atoms with Gasteiger partial charge in [0.15, 0.2) is 0 Å². The Morgan fingerprint density at radius 3 is 1.97 bits per heavy atom. The van der Waals surface area contributed by atoms with Gasteiger partial charge in [-0.25, -0.2) is 0 Å². The number of benzene rings is 3. The first-order valence-electron chi connectivity index (χ1n) is 12.9. The summed E-state index contributed by atoms with van der Waals surface area (Å²) in [7, 11) is 0. The number of amides is 1. The zero-order valence-electron chi connectivity index (χ0n) is 22.1. The molecule has 1 saturated heterocycles. The third kappa shape index (κ3) is 9.71. The number of aryl methyl sites for hydroxylation is 1. The van der Waals surface area contributed by atoms with Gasteiger partial charge in [0.05, 0.1) is 24.3 Å². The Balaban J connectivity index is 0.000000287. The Morgan fingerprint density at radius 2 is 1.49 bits per heavy atom. The molecule has 0 bridgehead atoms. The normalized spacial score (nSPS) is 17.5. The highest BCUT2D eigenvalue weighted by Crippen LogP contribution is 2.40. The van der Waals surface area contributed by atoms with E-state index in [-0.39, 0.29) is 25.7 Å². The van der Waals surface area contributed by atoms with Gasteiger partial charge in [-0.05, 0) is 61.4 Å². The molecule has 1 amide bonds. The van der Waals surface area contributed by atoms with Crippen LogP contribution >= 0.6 is 23.2 Å². The molecule has 3 aromatic rings. The van der Waals surface area contributed by atoms with Gasteiger partial charge in [0.1, 0.15) is 19.3 Å². The average molecular weight is 568 g/mol. The molecule has 2 aliphatic rings. The Kier molecular flexibility index (Phi) is 11.8. The largest absolute Gasteiger partial charge is 0.465 e. The zero-order valence-corrected chi connectivity index (χ0v) is 23.6. The van der Waals surface area contributed by atoms with E-state index >= 15 is 0 Å². The number of nitriles is 1. The summed E-state index contributed by atoms with van der Waals surface area (Å²) < 4.78 is 10.9. The third-order valence-electron chi connectivity index (χ3n) is 5.88. The lowest BCUT2D eigenvalue weighted by atomic mass is 9.92. The monoisotopic (exact) mass is 566 g/mol. The number of hydrogen-bond acceptors (Lipinski definition) is 5.